The smallest absolute Gasteiger partial charge is 0.272 e. The van der Waals surface area contributed by atoms with E-state index in [-0.39, 0.29) is 46.6 Å². The second kappa shape index (κ2) is 4.87. The molecule has 3 aliphatic carbocycles. The van der Waals surface area contributed by atoms with E-state index in [9.17, 15) is 19.7 Å². The lowest BCUT2D eigenvalue weighted by atomic mass is 9.85. The summed E-state index contributed by atoms with van der Waals surface area (Å²) in [6.45, 7) is 1.66. The Bertz CT molecular complexity index is 897. The molecule has 1 aromatic rings. The number of fused-ring (bicyclic) bond motifs is 3. The van der Waals surface area contributed by atoms with E-state index in [1.165, 1.54) is 12.3 Å². The number of benzene rings is 1. The fraction of sp³-hybridized carbons (Fsp3) is 0.421. The first-order chi connectivity index (χ1) is 12.4. The van der Waals surface area contributed by atoms with E-state index in [1.54, 1.807) is 19.1 Å². The summed E-state index contributed by atoms with van der Waals surface area (Å²) < 4.78 is 0. The van der Waals surface area contributed by atoms with Crippen LogP contribution in [0.2, 0.25) is 0 Å². The van der Waals surface area contributed by atoms with Crippen LogP contribution in [-0.2, 0) is 9.59 Å². The minimum absolute atomic E-state index is 0.0113. The molecule has 0 radical (unpaired) electrons. The predicted octanol–water partition coefficient (Wildman–Crippen LogP) is 2.43. The van der Waals surface area contributed by atoms with Crippen molar-refractivity contribution in [1.82, 2.24) is 5.01 Å². The van der Waals surface area contributed by atoms with Gasteiger partial charge in [-0.3, -0.25) is 19.7 Å². The van der Waals surface area contributed by atoms with Gasteiger partial charge in [0.25, 0.3) is 17.5 Å². The number of carbonyl (C=O) groups is 2. The molecule has 3 fully saturated rings. The zero-order chi connectivity index (χ0) is 18.2. The topological polar surface area (TPSA) is 92.9 Å². The normalized spacial score (nSPS) is 32.9. The Balaban J connectivity index is 1.42. The molecule has 0 aromatic heterocycles. The van der Waals surface area contributed by atoms with Gasteiger partial charge in [-0.25, -0.2) is 0 Å². The summed E-state index contributed by atoms with van der Waals surface area (Å²) in [4.78, 5) is 36.2. The standard InChI is InChI=1S/C19H17N3O4/c1-10-2-3-11(8-14(10)22(25)26)9-20-21-17(23)15-12-4-5-13(16(15)18(21)24)19(12)6-7-19/h2-5,8-9,12-13,15-16H,6-7H2,1H3/b20-9-/t12-,13-,15-,16+/m1/s1. The number of amides is 2. The molecule has 1 heterocycles. The Morgan fingerprint density at radius 2 is 1.81 bits per heavy atom. The molecule has 7 heteroatoms. The third kappa shape index (κ3) is 1.80. The van der Waals surface area contributed by atoms with Crippen molar-refractivity contribution in [3.05, 3.63) is 51.6 Å². The zero-order valence-corrected chi connectivity index (χ0v) is 14.2. The van der Waals surface area contributed by atoms with Crippen LogP contribution in [0.25, 0.3) is 0 Å². The van der Waals surface area contributed by atoms with Crippen LogP contribution in [0.15, 0.2) is 35.5 Å². The van der Waals surface area contributed by atoms with Crippen molar-refractivity contribution in [3.8, 4) is 0 Å². The number of hydrogen-bond acceptors (Lipinski definition) is 5. The van der Waals surface area contributed by atoms with E-state index in [0.717, 1.165) is 17.9 Å². The number of aryl methyl sites for hydroxylation is 1. The van der Waals surface area contributed by atoms with E-state index < -0.39 is 4.92 Å². The van der Waals surface area contributed by atoms with E-state index in [2.05, 4.69) is 17.3 Å². The Morgan fingerprint density at radius 3 is 2.35 bits per heavy atom. The molecule has 4 atom stereocenters. The van der Waals surface area contributed by atoms with Crippen LogP contribution in [0.3, 0.4) is 0 Å². The first kappa shape index (κ1) is 15.4. The highest BCUT2D eigenvalue weighted by Gasteiger charge is 2.73. The molecule has 0 unspecified atom stereocenters. The van der Waals surface area contributed by atoms with Crippen molar-refractivity contribution in [2.75, 3.05) is 0 Å². The molecular weight excluding hydrogens is 334 g/mol. The summed E-state index contributed by atoms with van der Waals surface area (Å²) in [5, 5.41) is 16.1. The molecule has 1 saturated heterocycles. The summed E-state index contributed by atoms with van der Waals surface area (Å²) in [5.41, 5.74) is 1.18. The van der Waals surface area contributed by atoms with Crippen LogP contribution < -0.4 is 0 Å². The number of allylic oxidation sites excluding steroid dienone is 2. The van der Waals surface area contributed by atoms with Crippen LogP contribution in [0, 0.1) is 46.1 Å². The minimum atomic E-state index is -0.457. The van der Waals surface area contributed by atoms with Crippen LogP contribution >= 0.6 is 0 Å². The van der Waals surface area contributed by atoms with Gasteiger partial charge in [-0.1, -0.05) is 24.3 Å². The van der Waals surface area contributed by atoms with Gasteiger partial charge in [0.15, 0.2) is 0 Å². The number of rotatable bonds is 3. The summed E-state index contributed by atoms with van der Waals surface area (Å²) >= 11 is 0. The Kier molecular flexibility index (Phi) is 2.89. The van der Waals surface area contributed by atoms with Gasteiger partial charge in [0.1, 0.15) is 0 Å². The van der Waals surface area contributed by atoms with Crippen LogP contribution in [-0.4, -0.2) is 28.0 Å². The number of nitro groups is 1. The van der Waals surface area contributed by atoms with Crippen LogP contribution in [0.1, 0.15) is 24.0 Å². The third-order valence-corrected chi connectivity index (χ3v) is 6.58. The average Bonchev–Trinajstić information content (AvgIpc) is 3.21. The molecule has 132 valence electrons. The number of hydrogen-bond donors (Lipinski definition) is 0. The maximum atomic E-state index is 12.8. The van der Waals surface area contributed by atoms with Gasteiger partial charge in [-0.05, 0) is 37.0 Å². The Morgan fingerprint density at radius 1 is 1.19 bits per heavy atom. The molecule has 2 bridgehead atoms. The largest absolute Gasteiger partial charge is 0.272 e. The summed E-state index contributed by atoms with van der Waals surface area (Å²) in [6.07, 6.45) is 7.77. The average molecular weight is 351 g/mol. The fourth-order valence-electron chi connectivity index (χ4n) is 5.20. The molecule has 1 aliphatic heterocycles. The van der Waals surface area contributed by atoms with Crippen molar-refractivity contribution < 1.29 is 14.5 Å². The highest BCUT2D eigenvalue weighted by atomic mass is 16.6. The third-order valence-electron chi connectivity index (χ3n) is 6.58. The van der Waals surface area contributed by atoms with Gasteiger partial charge >= 0.3 is 0 Å². The van der Waals surface area contributed by atoms with Gasteiger partial charge in [0, 0.05) is 17.2 Å². The van der Waals surface area contributed by atoms with Crippen molar-refractivity contribution in [1.29, 1.82) is 0 Å². The van der Waals surface area contributed by atoms with Gasteiger partial charge in [0.05, 0.1) is 23.0 Å². The molecule has 4 aliphatic rings. The number of carbonyl (C=O) groups excluding carboxylic acids is 2. The predicted molar refractivity (Wildman–Crippen MR) is 92.0 cm³/mol. The van der Waals surface area contributed by atoms with Crippen molar-refractivity contribution in [2.45, 2.75) is 19.8 Å². The number of hydrazone groups is 1. The summed E-state index contributed by atoms with van der Waals surface area (Å²) in [6, 6.07) is 4.71. The SMILES string of the molecule is Cc1ccc(/C=N\N2C(=O)[C@@H]3[C@H](C2=O)[C@H]2C=C[C@H]3C23CC3)cc1[N+](=O)[O-]. The van der Waals surface area contributed by atoms with Gasteiger partial charge < -0.3 is 0 Å². The maximum Gasteiger partial charge on any atom is 0.272 e. The van der Waals surface area contributed by atoms with Crippen molar-refractivity contribution in [3.63, 3.8) is 0 Å². The highest BCUT2D eigenvalue weighted by Crippen LogP contribution is 2.73. The van der Waals surface area contributed by atoms with E-state index in [0.29, 0.717) is 11.1 Å². The Labute approximate surface area is 149 Å². The molecule has 2 amide bonds. The van der Waals surface area contributed by atoms with Crippen molar-refractivity contribution >= 4 is 23.7 Å². The molecule has 26 heavy (non-hydrogen) atoms. The summed E-state index contributed by atoms with van der Waals surface area (Å²) in [5.74, 6) is -0.722. The molecule has 2 saturated carbocycles. The first-order valence-corrected chi connectivity index (χ1v) is 8.79. The number of imide groups is 1. The first-order valence-electron chi connectivity index (χ1n) is 8.79. The van der Waals surface area contributed by atoms with E-state index >= 15 is 0 Å². The lowest BCUT2D eigenvalue weighted by Crippen LogP contribution is -2.30. The second-order valence-corrected chi connectivity index (χ2v) is 7.76. The van der Waals surface area contributed by atoms with Gasteiger partial charge in [-0.2, -0.15) is 10.1 Å². The summed E-state index contributed by atoms with van der Waals surface area (Å²) in [7, 11) is 0. The number of nitro benzene ring substituents is 1. The fourth-order valence-corrected chi connectivity index (χ4v) is 5.20. The van der Waals surface area contributed by atoms with Gasteiger partial charge in [0.2, 0.25) is 0 Å². The minimum Gasteiger partial charge on any atom is -0.272 e. The molecule has 1 aromatic carbocycles. The lowest BCUT2D eigenvalue weighted by Gasteiger charge is -2.18. The van der Waals surface area contributed by atoms with Crippen molar-refractivity contribution in [2.24, 2.45) is 34.2 Å². The Hall–Kier alpha value is -2.83. The van der Waals surface area contributed by atoms with E-state index in [4.69, 9.17) is 0 Å². The molecule has 5 rings (SSSR count). The molecule has 0 N–H and O–H groups in total. The van der Waals surface area contributed by atoms with Gasteiger partial charge in [-0.15, -0.1) is 0 Å². The monoisotopic (exact) mass is 351 g/mol. The number of nitrogens with zero attached hydrogens (tertiary/aromatic N) is 3. The van der Waals surface area contributed by atoms with Crippen LogP contribution in [0.4, 0.5) is 5.69 Å². The maximum absolute atomic E-state index is 12.8. The second-order valence-electron chi connectivity index (χ2n) is 7.76. The molecule has 1 spiro atoms. The molecule has 7 nitrogen and oxygen atoms in total. The lowest BCUT2D eigenvalue weighted by molar-refractivity contribution is -0.385. The van der Waals surface area contributed by atoms with Crippen LogP contribution in [0.5, 0.6) is 0 Å². The highest BCUT2D eigenvalue weighted by molar-refractivity contribution is 6.07. The quantitative estimate of drug-likeness (QED) is 0.275. The van der Waals surface area contributed by atoms with E-state index in [1.807, 2.05) is 0 Å². The molecular formula is C19H17N3O4. The zero-order valence-electron chi connectivity index (χ0n) is 14.2.